The molecule has 0 saturated heterocycles. The minimum Gasteiger partial charge on any atom is -0.457 e. The normalized spacial score (nSPS) is 13.2. The molecule has 0 unspecified atom stereocenters. The van der Waals surface area contributed by atoms with E-state index < -0.39 is 5.41 Å². The standard InChI is InChI=1S/C45H28N2O2/c1-3-13-29(14-4-1)38-28-39(47-44(46-38)30-15-5-2-6-16-30)43-26-25-40(48-43)31-23-24-42-37(27-31)45(36-21-11-12-22-41(36)49-42)34-19-9-7-17-32(34)33-18-8-10-20-35(33)45/h1-28H. The number of nitrogens with zero attached hydrogens (tertiary/aromatic N) is 2. The number of fused-ring (bicyclic) bond motifs is 9. The molecule has 0 amide bonds. The zero-order chi connectivity index (χ0) is 32.4. The van der Waals surface area contributed by atoms with Crippen molar-refractivity contribution in [1.29, 1.82) is 0 Å². The van der Waals surface area contributed by atoms with E-state index in [1.54, 1.807) is 0 Å². The number of hydrogen-bond donors (Lipinski definition) is 0. The Morgan fingerprint density at radius 3 is 1.69 bits per heavy atom. The summed E-state index contributed by atoms with van der Waals surface area (Å²) in [5.74, 6) is 3.81. The van der Waals surface area contributed by atoms with E-state index in [1.165, 1.54) is 22.3 Å². The maximum absolute atomic E-state index is 6.66. The molecule has 230 valence electrons. The summed E-state index contributed by atoms with van der Waals surface area (Å²) in [5.41, 5.74) is 11.2. The number of para-hydroxylation sites is 1. The van der Waals surface area contributed by atoms with Gasteiger partial charge in [-0.05, 0) is 64.7 Å². The molecule has 1 aliphatic heterocycles. The van der Waals surface area contributed by atoms with Crippen LogP contribution in [-0.4, -0.2) is 9.97 Å². The van der Waals surface area contributed by atoms with E-state index in [0.717, 1.165) is 56.5 Å². The number of aromatic nitrogens is 2. The lowest BCUT2D eigenvalue weighted by Crippen LogP contribution is -2.32. The molecule has 10 rings (SSSR count). The summed E-state index contributed by atoms with van der Waals surface area (Å²) in [5, 5.41) is 0. The second-order valence-corrected chi connectivity index (χ2v) is 12.5. The molecular weight excluding hydrogens is 601 g/mol. The molecule has 8 aromatic rings. The van der Waals surface area contributed by atoms with E-state index in [-0.39, 0.29) is 0 Å². The van der Waals surface area contributed by atoms with Crippen LogP contribution in [0.3, 0.4) is 0 Å². The average molecular weight is 629 g/mol. The lowest BCUT2D eigenvalue weighted by molar-refractivity contribution is 0.436. The maximum atomic E-state index is 6.66. The molecule has 2 aliphatic rings. The Morgan fingerprint density at radius 1 is 0.388 bits per heavy atom. The minimum absolute atomic E-state index is 0.537. The van der Waals surface area contributed by atoms with E-state index in [0.29, 0.717) is 11.6 Å². The summed E-state index contributed by atoms with van der Waals surface area (Å²) in [4.78, 5) is 9.93. The number of furan rings is 1. The van der Waals surface area contributed by atoms with Gasteiger partial charge >= 0.3 is 0 Å². The molecule has 2 aromatic heterocycles. The van der Waals surface area contributed by atoms with Crippen LogP contribution >= 0.6 is 0 Å². The van der Waals surface area contributed by atoms with Gasteiger partial charge in [-0.2, -0.15) is 0 Å². The predicted octanol–water partition coefficient (Wildman–Crippen LogP) is 11.2. The van der Waals surface area contributed by atoms with Crippen molar-refractivity contribution in [2.75, 3.05) is 0 Å². The number of hydrogen-bond acceptors (Lipinski definition) is 4. The van der Waals surface area contributed by atoms with E-state index in [9.17, 15) is 0 Å². The third-order valence-electron chi connectivity index (χ3n) is 9.82. The Bertz CT molecular complexity index is 2430. The summed E-state index contributed by atoms with van der Waals surface area (Å²) in [7, 11) is 0. The first kappa shape index (κ1) is 27.6. The molecule has 0 saturated carbocycles. The van der Waals surface area contributed by atoms with E-state index in [4.69, 9.17) is 19.1 Å². The number of ether oxygens (including phenoxy) is 1. The van der Waals surface area contributed by atoms with Crippen molar-refractivity contribution in [2.45, 2.75) is 5.41 Å². The summed E-state index contributed by atoms with van der Waals surface area (Å²) < 4.78 is 13.3. The van der Waals surface area contributed by atoms with Crippen molar-refractivity contribution in [3.8, 4) is 68.0 Å². The van der Waals surface area contributed by atoms with Crippen LogP contribution in [0.4, 0.5) is 0 Å². The topological polar surface area (TPSA) is 48.2 Å². The number of rotatable bonds is 4. The highest BCUT2D eigenvalue weighted by Crippen LogP contribution is 2.62. The predicted molar refractivity (Wildman–Crippen MR) is 193 cm³/mol. The second kappa shape index (κ2) is 10.8. The average Bonchev–Trinajstić information content (AvgIpc) is 3.79. The summed E-state index contributed by atoms with van der Waals surface area (Å²) in [6.07, 6.45) is 0. The minimum atomic E-state index is -0.537. The van der Waals surface area contributed by atoms with Gasteiger partial charge in [0.2, 0.25) is 0 Å². The van der Waals surface area contributed by atoms with Crippen LogP contribution in [0.15, 0.2) is 174 Å². The van der Waals surface area contributed by atoms with Gasteiger partial charge in [-0.15, -0.1) is 0 Å². The molecule has 6 aromatic carbocycles. The fourth-order valence-corrected chi connectivity index (χ4v) is 7.69. The van der Waals surface area contributed by atoms with E-state index in [1.807, 2.05) is 72.8 Å². The third kappa shape index (κ3) is 4.17. The second-order valence-electron chi connectivity index (χ2n) is 12.5. The first-order valence-electron chi connectivity index (χ1n) is 16.5. The van der Waals surface area contributed by atoms with Gasteiger partial charge in [0.1, 0.15) is 23.0 Å². The van der Waals surface area contributed by atoms with Crippen molar-refractivity contribution in [1.82, 2.24) is 9.97 Å². The fraction of sp³-hybridized carbons (Fsp3) is 0.0222. The highest BCUT2D eigenvalue weighted by atomic mass is 16.5. The molecule has 0 atom stereocenters. The van der Waals surface area contributed by atoms with Crippen molar-refractivity contribution in [3.63, 3.8) is 0 Å². The van der Waals surface area contributed by atoms with Gasteiger partial charge in [-0.3, -0.25) is 0 Å². The first-order chi connectivity index (χ1) is 24.3. The molecular formula is C45H28N2O2. The molecule has 49 heavy (non-hydrogen) atoms. The van der Waals surface area contributed by atoms with E-state index >= 15 is 0 Å². The van der Waals surface area contributed by atoms with E-state index in [2.05, 4.69) is 97.1 Å². The summed E-state index contributed by atoms with van der Waals surface area (Å²) in [6.45, 7) is 0. The molecule has 0 radical (unpaired) electrons. The molecule has 0 N–H and O–H groups in total. The zero-order valence-corrected chi connectivity index (χ0v) is 26.4. The molecule has 1 aliphatic carbocycles. The Hall–Kier alpha value is -6.52. The highest BCUT2D eigenvalue weighted by Gasteiger charge is 2.51. The van der Waals surface area contributed by atoms with Crippen molar-refractivity contribution >= 4 is 0 Å². The van der Waals surface area contributed by atoms with Crippen LogP contribution in [0.1, 0.15) is 22.3 Å². The molecule has 1 spiro atoms. The summed E-state index contributed by atoms with van der Waals surface area (Å²) in [6, 6.07) is 58.7. The van der Waals surface area contributed by atoms with Gasteiger partial charge in [0.25, 0.3) is 0 Å². The molecule has 0 bridgehead atoms. The third-order valence-corrected chi connectivity index (χ3v) is 9.82. The molecule has 0 fully saturated rings. The molecule has 4 heteroatoms. The van der Waals surface area contributed by atoms with Crippen molar-refractivity contribution in [2.24, 2.45) is 0 Å². The molecule has 3 heterocycles. The van der Waals surface area contributed by atoms with Crippen LogP contribution in [0, 0.1) is 0 Å². The Morgan fingerprint density at radius 2 is 0.959 bits per heavy atom. The Balaban J connectivity index is 1.14. The van der Waals surface area contributed by atoms with Gasteiger partial charge < -0.3 is 9.15 Å². The van der Waals surface area contributed by atoms with Crippen molar-refractivity contribution in [3.05, 3.63) is 192 Å². The Labute approximate surface area is 284 Å². The Kier molecular flexibility index (Phi) is 6.06. The fourth-order valence-electron chi connectivity index (χ4n) is 7.69. The van der Waals surface area contributed by atoms with Crippen LogP contribution in [0.5, 0.6) is 11.5 Å². The zero-order valence-electron chi connectivity index (χ0n) is 26.4. The van der Waals surface area contributed by atoms with Gasteiger partial charge in [0.05, 0.1) is 11.1 Å². The molecule has 4 nitrogen and oxygen atoms in total. The van der Waals surface area contributed by atoms with Gasteiger partial charge in [0, 0.05) is 27.8 Å². The maximum Gasteiger partial charge on any atom is 0.160 e. The van der Waals surface area contributed by atoms with Crippen LogP contribution < -0.4 is 4.74 Å². The largest absolute Gasteiger partial charge is 0.457 e. The lowest BCUT2D eigenvalue weighted by atomic mass is 9.66. The quantitative estimate of drug-likeness (QED) is 0.195. The smallest absolute Gasteiger partial charge is 0.160 e. The van der Waals surface area contributed by atoms with Crippen LogP contribution in [0.25, 0.3) is 56.6 Å². The highest BCUT2D eigenvalue weighted by molar-refractivity contribution is 5.89. The number of benzene rings is 6. The van der Waals surface area contributed by atoms with Gasteiger partial charge in [-0.25, -0.2) is 9.97 Å². The first-order valence-corrected chi connectivity index (χ1v) is 16.5. The van der Waals surface area contributed by atoms with Crippen LogP contribution in [0.2, 0.25) is 0 Å². The van der Waals surface area contributed by atoms with Gasteiger partial charge in [-0.1, -0.05) is 127 Å². The van der Waals surface area contributed by atoms with Crippen molar-refractivity contribution < 1.29 is 9.15 Å². The van der Waals surface area contributed by atoms with Crippen LogP contribution in [-0.2, 0) is 5.41 Å². The van der Waals surface area contributed by atoms with Gasteiger partial charge in [0.15, 0.2) is 11.6 Å². The monoisotopic (exact) mass is 628 g/mol. The lowest BCUT2D eigenvalue weighted by Gasteiger charge is -2.39. The SMILES string of the molecule is c1ccc(-c2cc(-c3ccc(-c4ccc5c(c4)C4(c6ccccc6O5)c5ccccc5-c5ccccc54)o3)nc(-c3ccccc3)n2)cc1. The summed E-state index contributed by atoms with van der Waals surface area (Å²) >= 11 is 0.